The van der Waals surface area contributed by atoms with Gasteiger partial charge in [0.05, 0.1) is 18.1 Å². The lowest BCUT2D eigenvalue weighted by atomic mass is 9.48. The average Bonchev–Trinajstić information content (AvgIpc) is 3.37. The van der Waals surface area contributed by atoms with Crippen LogP contribution in [0, 0.1) is 17.3 Å². The predicted molar refractivity (Wildman–Crippen MR) is 100 cm³/mol. The van der Waals surface area contributed by atoms with Crippen LogP contribution in [0.25, 0.3) is 0 Å². The molecule has 2 saturated carbocycles. The second-order valence-corrected chi connectivity index (χ2v) is 9.71. The summed E-state index contributed by atoms with van der Waals surface area (Å²) in [4.78, 5) is 25.9. The van der Waals surface area contributed by atoms with Gasteiger partial charge in [-0.15, -0.1) is 0 Å². The third-order valence-corrected chi connectivity index (χ3v) is 8.64. The van der Waals surface area contributed by atoms with E-state index in [0.29, 0.717) is 0 Å². The van der Waals surface area contributed by atoms with Crippen LogP contribution in [-0.4, -0.2) is 89.3 Å². The van der Waals surface area contributed by atoms with E-state index < -0.39 is 77.0 Å². The Hall–Kier alpha value is -1.72. The number of epoxide rings is 1. The van der Waals surface area contributed by atoms with Crippen molar-refractivity contribution in [3.63, 3.8) is 0 Å². The van der Waals surface area contributed by atoms with Crippen LogP contribution in [0.4, 0.5) is 0 Å². The van der Waals surface area contributed by atoms with Gasteiger partial charge in [0.1, 0.15) is 47.8 Å². The fourth-order valence-corrected chi connectivity index (χ4v) is 7.01. The molecular formula is C21H28O10. The maximum atomic E-state index is 13.0. The molecule has 2 bridgehead atoms. The highest BCUT2D eigenvalue weighted by molar-refractivity contribution is 5.93. The highest BCUT2D eigenvalue weighted by atomic mass is 16.7. The molecule has 0 aromatic rings. The maximum Gasteiger partial charge on any atom is 0.338 e. The summed E-state index contributed by atoms with van der Waals surface area (Å²) in [5, 5.41) is 33.5. The van der Waals surface area contributed by atoms with Gasteiger partial charge in [-0.2, -0.15) is 0 Å². The van der Waals surface area contributed by atoms with E-state index in [9.17, 15) is 24.9 Å². The molecule has 3 aliphatic heterocycles. The SMILES string of the molecule is CO/C(CO)=C1/C[C@@]2(OC1=O)[C@@H]1O[C@@H]1[C@@]1(O)[C@H]3C(=O)O[C@@H]([C@@H](OC)[C@]12C)[C@@]3(O)C(C)C. The lowest BCUT2D eigenvalue weighted by Gasteiger charge is -2.60. The molecule has 3 saturated heterocycles. The van der Waals surface area contributed by atoms with Crippen LogP contribution >= 0.6 is 0 Å². The Kier molecular flexibility index (Phi) is 4.08. The smallest absolute Gasteiger partial charge is 0.338 e. The molecule has 3 heterocycles. The number of fused-ring (bicyclic) bond motifs is 8. The molecule has 5 aliphatic rings. The van der Waals surface area contributed by atoms with Gasteiger partial charge >= 0.3 is 11.9 Å². The van der Waals surface area contributed by atoms with E-state index in [1.807, 2.05) is 0 Å². The molecule has 5 fully saturated rings. The molecule has 0 aromatic carbocycles. The minimum Gasteiger partial charge on any atom is -0.498 e. The second kappa shape index (κ2) is 5.99. The molecule has 31 heavy (non-hydrogen) atoms. The molecule has 5 rings (SSSR count). The van der Waals surface area contributed by atoms with Crippen LogP contribution in [-0.2, 0) is 33.3 Å². The number of hydrogen-bond acceptors (Lipinski definition) is 10. The summed E-state index contributed by atoms with van der Waals surface area (Å²) in [7, 11) is 2.75. The van der Waals surface area contributed by atoms with Crippen LogP contribution in [0.15, 0.2) is 11.3 Å². The van der Waals surface area contributed by atoms with Crippen LogP contribution in [0.5, 0.6) is 0 Å². The molecule has 3 N–H and O–H groups in total. The summed E-state index contributed by atoms with van der Waals surface area (Å²) in [6, 6.07) is 0. The van der Waals surface area contributed by atoms with Gasteiger partial charge in [-0.25, -0.2) is 4.79 Å². The number of esters is 2. The zero-order valence-corrected chi connectivity index (χ0v) is 18.1. The maximum absolute atomic E-state index is 13.0. The summed E-state index contributed by atoms with van der Waals surface area (Å²) in [6.45, 7) is 4.69. The van der Waals surface area contributed by atoms with Crippen molar-refractivity contribution in [2.75, 3.05) is 20.8 Å². The highest BCUT2D eigenvalue weighted by Gasteiger charge is 2.95. The lowest BCUT2D eigenvalue weighted by Crippen LogP contribution is -2.78. The van der Waals surface area contributed by atoms with E-state index in [2.05, 4.69) is 0 Å². The molecular weight excluding hydrogens is 412 g/mol. The number of carbonyl (C=O) groups is 2. The third-order valence-electron chi connectivity index (χ3n) is 8.64. The Morgan fingerprint density at radius 1 is 1.19 bits per heavy atom. The van der Waals surface area contributed by atoms with Gasteiger partial charge in [0, 0.05) is 13.5 Å². The normalized spacial score (nSPS) is 53.4. The minimum absolute atomic E-state index is 0.0108. The first-order valence-electron chi connectivity index (χ1n) is 10.4. The predicted octanol–water partition coefficient (Wildman–Crippen LogP) is -0.959. The summed E-state index contributed by atoms with van der Waals surface area (Å²) in [5.41, 5.74) is -6.21. The topological polar surface area (TPSA) is 144 Å². The average molecular weight is 440 g/mol. The van der Waals surface area contributed by atoms with Gasteiger partial charge in [-0.05, 0) is 5.92 Å². The Morgan fingerprint density at radius 3 is 2.42 bits per heavy atom. The first-order valence-corrected chi connectivity index (χ1v) is 10.4. The molecule has 0 amide bonds. The second-order valence-electron chi connectivity index (χ2n) is 9.71. The molecule has 0 radical (unpaired) electrons. The number of ether oxygens (including phenoxy) is 5. The van der Waals surface area contributed by atoms with E-state index in [1.165, 1.54) is 14.2 Å². The van der Waals surface area contributed by atoms with Gasteiger partial charge in [-0.3, -0.25) is 4.79 Å². The van der Waals surface area contributed by atoms with Crippen molar-refractivity contribution in [3.8, 4) is 0 Å². The van der Waals surface area contributed by atoms with Gasteiger partial charge in [0.25, 0.3) is 0 Å². The van der Waals surface area contributed by atoms with Gasteiger partial charge in [0.15, 0.2) is 11.7 Å². The number of aliphatic hydroxyl groups is 3. The Bertz CT molecular complexity index is 893. The van der Waals surface area contributed by atoms with E-state index >= 15 is 0 Å². The molecule has 9 atom stereocenters. The van der Waals surface area contributed by atoms with Crippen LogP contribution in [0.2, 0.25) is 0 Å². The van der Waals surface area contributed by atoms with E-state index in [-0.39, 0.29) is 17.8 Å². The van der Waals surface area contributed by atoms with Crippen LogP contribution < -0.4 is 0 Å². The third kappa shape index (κ3) is 1.94. The Balaban J connectivity index is 1.73. The van der Waals surface area contributed by atoms with Gasteiger partial charge in [0.2, 0.25) is 0 Å². The summed E-state index contributed by atoms with van der Waals surface area (Å²) in [5.74, 6) is -3.09. The van der Waals surface area contributed by atoms with Crippen molar-refractivity contribution in [1.82, 2.24) is 0 Å². The van der Waals surface area contributed by atoms with Crippen molar-refractivity contribution < 1.29 is 48.6 Å². The summed E-state index contributed by atoms with van der Waals surface area (Å²) < 4.78 is 28.3. The largest absolute Gasteiger partial charge is 0.498 e. The molecule has 2 aliphatic carbocycles. The van der Waals surface area contributed by atoms with Crippen molar-refractivity contribution in [2.45, 2.75) is 68.4 Å². The fraction of sp³-hybridized carbons (Fsp3) is 0.810. The highest BCUT2D eigenvalue weighted by Crippen LogP contribution is 2.76. The van der Waals surface area contributed by atoms with Crippen molar-refractivity contribution >= 4 is 11.9 Å². The molecule has 1 spiro atoms. The fourth-order valence-electron chi connectivity index (χ4n) is 7.01. The number of carbonyl (C=O) groups excluding carboxylic acids is 2. The molecule has 0 unspecified atom stereocenters. The monoisotopic (exact) mass is 440 g/mol. The van der Waals surface area contributed by atoms with Crippen LogP contribution in [0.1, 0.15) is 27.2 Å². The standard InChI is InChI=1S/C21H28O10/c1-8(2)20(25)11-17(24)30-14(20)12(28-5)18(3)19(13-15(29-13)21(11,18)26)6-9(16(23)31-19)10(7-22)27-4/h8,11-15,22,25-26H,6-7H2,1-5H3/b10-9-/t11-,12+,13+,14-,15-,18-,19+,20+,21-/m0/s1. The summed E-state index contributed by atoms with van der Waals surface area (Å²) >= 11 is 0. The first-order chi connectivity index (χ1) is 14.5. The summed E-state index contributed by atoms with van der Waals surface area (Å²) in [6.07, 6.45) is -3.63. The van der Waals surface area contributed by atoms with Crippen LogP contribution in [0.3, 0.4) is 0 Å². The van der Waals surface area contributed by atoms with Gasteiger partial charge in [-0.1, -0.05) is 20.8 Å². The lowest BCUT2D eigenvalue weighted by molar-refractivity contribution is -0.313. The molecule has 0 aromatic heterocycles. The number of methoxy groups -OCH3 is 2. The van der Waals surface area contributed by atoms with Crippen molar-refractivity contribution in [2.24, 2.45) is 17.3 Å². The van der Waals surface area contributed by atoms with Crippen molar-refractivity contribution in [3.05, 3.63) is 11.3 Å². The quantitative estimate of drug-likeness (QED) is 0.216. The minimum atomic E-state index is -1.91. The number of aliphatic hydroxyl groups excluding tert-OH is 1. The van der Waals surface area contributed by atoms with E-state index in [4.69, 9.17) is 23.7 Å². The van der Waals surface area contributed by atoms with Crippen molar-refractivity contribution in [1.29, 1.82) is 0 Å². The van der Waals surface area contributed by atoms with Gasteiger partial charge < -0.3 is 39.0 Å². The van der Waals surface area contributed by atoms with E-state index in [0.717, 1.165) is 0 Å². The zero-order chi connectivity index (χ0) is 22.7. The number of rotatable bonds is 4. The number of hydrogen-bond donors (Lipinski definition) is 3. The molecule has 172 valence electrons. The zero-order valence-electron chi connectivity index (χ0n) is 18.1. The molecule has 10 heteroatoms. The Labute approximate surface area is 179 Å². The van der Waals surface area contributed by atoms with E-state index in [1.54, 1.807) is 20.8 Å². The Morgan fingerprint density at radius 2 is 1.87 bits per heavy atom. The molecule has 10 nitrogen and oxygen atoms in total. The first kappa shape index (κ1) is 21.1.